The minimum absolute atomic E-state index is 0.0297. The molecule has 1 saturated carbocycles. The number of hydrogen-bond acceptors (Lipinski definition) is 5. The maximum absolute atomic E-state index is 14.5. The number of nitrogens with one attached hydrogen (secondary N) is 3. The van der Waals surface area contributed by atoms with Gasteiger partial charge in [-0.1, -0.05) is 19.8 Å². The summed E-state index contributed by atoms with van der Waals surface area (Å²) in [5.74, 6) is 0.127. The Kier molecular flexibility index (Phi) is 5.69. The number of anilines is 1. The first kappa shape index (κ1) is 19.3. The Morgan fingerprint density at radius 3 is 2.93 bits per heavy atom. The number of pyridine rings is 1. The summed E-state index contributed by atoms with van der Waals surface area (Å²) in [7, 11) is 0. The van der Waals surface area contributed by atoms with Gasteiger partial charge in [-0.3, -0.25) is 4.79 Å². The van der Waals surface area contributed by atoms with Crippen molar-refractivity contribution in [3.8, 4) is 11.4 Å². The van der Waals surface area contributed by atoms with E-state index in [1.807, 2.05) is 19.1 Å². The molecule has 8 heteroatoms. The summed E-state index contributed by atoms with van der Waals surface area (Å²) in [5, 5.41) is 7.21. The van der Waals surface area contributed by atoms with Crippen molar-refractivity contribution in [1.29, 1.82) is 0 Å². The van der Waals surface area contributed by atoms with Crippen molar-refractivity contribution in [3.63, 3.8) is 0 Å². The lowest BCUT2D eigenvalue weighted by molar-refractivity contribution is -0.122. The van der Waals surface area contributed by atoms with Crippen molar-refractivity contribution in [2.24, 2.45) is 0 Å². The maximum Gasteiger partial charge on any atom is 0.220 e. The number of carbonyl (C=O) groups excluding carboxylic acids is 1. The predicted molar refractivity (Wildman–Crippen MR) is 110 cm³/mol. The molecule has 3 aromatic rings. The van der Waals surface area contributed by atoms with Gasteiger partial charge in [-0.25, -0.2) is 19.3 Å². The van der Waals surface area contributed by atoms with E-state index in [4.69, 9.17) is 0 Å². The van der Waals surface area contributed by atoms with Crippen molar-refractivity contribution in [2.75, 3.05) is 5.32 Å². The summed E-state index contributed by atoms with van der Waals surface area (Å²) in [5.41, 5.74) is 1.50. The number of aromatic amines is 1. The molecule has 3 aromatic heterocycles. The molecule has 1 amide bonds. The second-order valence-corrected chi connectivity index (χ2v) is 7.45. The van der Waals surface area contributed by atoms with Gasteiger partial charge in [-0.2, -0.15) is 0 Å². The topological polar surface area (TPSA) is 95.6 Å². The monoisotopic (exact) mass is 396 g/mol. The molecule has 0 radical (unpaired) electrons. The first-order chi connectivity index (χ1) is 14.2. The van der Waals surface area contributed by atoms with Gasteiger partial charge < -0.3 is 15.6 Å². The predicted octanol–water partition coefficient (Wildman–Crippen LogP) is 3.80. The number of nitrogens with zero attached hydrogens (tertiary/aromatic N) is 3. The Morgan fingerprint density at radius 2 is 2.10 bits per heavy atom. The fraction of sp³-hybridized carbons (Fsp3) is 0.429. The number of halogens is 1. The SMILES string of the molecule is CCCC(=O)N[C@@H]1CCCC[C@@H]1Nc1nc(-c2c[nH]c3ncccc23)ncc1F. The third-order valence-electron chi connectivity index (χ3n) is 5.35. The minimum Gasteiger partial charge on any atom is -0.363 e. The zero-order chi connectivity index (χ0) is 20.2. The molecule has 2 atom stereocenters. The Bertz CT molecular complexity index is 1000. The lowest BCUT2D eigenvalue weighted by Crippen LogP contribution is -2.48. The van der Waals surface area contributed by atoms with Crippen LogP contribution in [0.2, 0.25) is 0 Å². The molecule has 0 aliphatic heterocycles. The zero-order valence-electron chi connectivity index (χ0n) is 16.4. The number of carbonyl (C=O) groups is 1. The van der Waals surface area contributed by atoms with Crippen LogP contribution >= 0.6 is 0 Å². The summed E-state index contributed by atoms with van der Waals surface area (Å²) in [6.45, 7) is 1.98. The number of amides is 1. The van der Waals surface area contributed by atoms with E-state index < -0.39 is 5.82 Å². The van der Waals surface area contributed by atoms with E-state index in [-0.39, 0.29) is 23.8 Å². The molecule has 0 saturated heterocycles. The van der Waals surface area contributed by atoms with Gasteiger partial charge in [-0.15, -0.1) is 0 Å². The van der Waals surface area contributed by atoms with E-state index in [2.05, 4.69) is 30.6 Å². The van der Waals surface area contributed by atoms with Gasteiger partial charge in [0, 0.05) is 41.8 Å². The summed E-state index contributed by atoms with van der Waals surface area (Å²) in [4.78, 5) is 28.0. The van der Waals surface area contributed by atoms with Gasteiger partial charge in [0.25, 0.3) is 0 Å². The van der Waals surface area contributed by atoms with Crippen LogP contribution in [0.5, 0.6) is 0 Å². The first-order valence-corrected chi connectivity index (χ1v) is 10.2. The number of H-pyrrole nitrogens is 1. The van der Waals surface area contributed by atoms with E-state index in [1.165, 1.54) is 6.20 Å². The third kappa shape index (κ3) is 4.21. The molecule has 7 nitrogen and oxygen atoms in total. The Labute approximate surface area is 168 Å². The molecule has 3 N–H and O–H groups in total. The van der Waals surface area contributed by atoms with E-state index in [9.17, 15) is 9.18 Å². The second kappa shape index (κ2) is 8.55. The van der Waals surface area contributed by atoms with Crippen molar-refractivity contribution in [1.82, 2.24) is 25.3 Å². The Hall–Kier alpha value is -3.03. The third-order valence-corrected chi connectivity index (χ3v) is 5.35. The van der Waals surface area contributed by atoms with E-state index >= 15 is 0 Å². The summed E-state index contributed by atoms with van der Waals surface area (Å²) in [6, 6.07) is 3.67. The highest BCUT2D eigenvalue weighted by atomic mass is 19.1. The van der Waals surface area contributed by atoms with Crippen LogP contribution in [0.15, 0.2) is 30.7 Å². The van der Waals surface area contributed by atoms with Gasteiger partial charge in [0.15, 0.2) is 17.5 Å². The minimum atomic E-state index is -0.504. The van der Waals surface area contributed by atoms with Crippen LogP contribution in [0.25, 0.3) is 22.4 Å². The highest BCUT2D eigenvalue weighted by molar-refractivity contribution is 5.91. The lowest BCUT2D eigenvalue weighted by atomic mass is 9.90. The largest absolute Gasteiger partial charge is 0.363 e. The van der Waals surface area contributed by atoms with Gasteiger partial charge in [0.05, 0.1) is 6.20 Å². The standard InChI is InChI=1S/C21H25FN6O/c1-2-6-18(29)26-16-8-3-4-9-17(16)27-21-15(22)12-25-20(28-21)14-11-24-19-13(14)7-5-10-23-19/h5,7,10-12,16-17H,2-4,6,8-9H2,1H3,(H,23,24)(H,26,29)(H,25,27,28)/t16-,17+/m1/s1. The molecule has 0 bridgehead atoms. The average molecular weight is 396 g/mol. The second-order valence-electron chi connectivity index (χ2n) is 7.45. The fourth-order valence-electron chi connectivity index (χ4n) is 3.90. The number of fused-ring (bicyclic) bond motifs is 1. The van der Waals surface area contributed by atoms with Crippen LogP contribution in [0.3, 0.4) is 0 Å². The highest BCUT2D eigenvalue weighted by Gasteiger charge is 2.27. The Balaban J connectivity index is 1.58. The van der Waals surface area contributed by atoms with Crippen LogP contribution in [-0.4, -0.2) is 37.9 Å². The first-order valence-electron chi connectivity index (χ1n) is 10.2. The van der Waals surface area contributed by atoms with E-state index in [0.29, 0.717) is 12.2 Å². The maximum atomic E-state index is 14.5. The average Bonchev–Trinajstić information content (AvgIpc) is 3.15. The van der Waals surface area contributed by atoms with Crippen molar-refractivity contribution < 1.29 is 9.18 Å². The molecule has 1 aliphatic rings. The van der Waals surface area contributed by atoms with Gasteiger partial charge in [0.2, 0.25) is 5.91 Å². The Morgan fingerprint density at radius 1 is 1.28 bits per heavy atom. The molecule has 0 unspecified atom stereocenters. The molecule has 0 aromatic carbocycles. The van der Waals surface area contributed by atoms with Crippen LogP contribution in [-0.2, 0) is 4.79 Å². The zero-order valence-corrected chi connectivity index (χ0v) is 16.4. The van der Waals surface area contributed by atoms with Crippen LogP contribution in [0.4, 0.5) is 10.2 Å². The molecule has 1 fully saturated rings. The molecule has 152 valence electrons. The van der Waals surface area contributed by atoms with E-state index in [1.54, 1.807) is 12.4 Å². The van der Waals surface area contributed by atoms with Crippen LogP contribution in [0, 0.1) is 5.82 Å². The van der Waals surface area contributed by atoms with E-state index in [0.717, 1.165) is 48.7 Å². The van der Waals surface area contributed by atoms with Gasteiger partial charge in [0.1, 0.15) is 5.65 Å². The molecule has 1 aliphatic carbocycles. The molecule has 0 spiro atoms. The number of hydrogen-bond donors (Lipinski definition) is 3. The molecule has 29 heavy (non-hydrogen) atoms. The van der Waals surface area contributed by atoms with Crippen LogP contribution < -0.4 is 10.6 Å². The smallest absolute Gasteiger partial charge is 0.220 e. The van der Waals surface area contributed by atoms with Crippen LogP contribution in [0.1, 0.15) is 45.4 Å². The van der Waals surface area contributed by atoms with Crippen molar-refractivity contribution in [2.45, 2.75) is 57.5 Å². The molecule has 3 heterocycles. The van der Waals surface area contributed by atoms with Gasteiger partial charge in [-0.05, 0) is 31.4 Å². The molecule has 4 rings (SSSR count). The summed E-state index contributed by atoms with van der Waals surface area (Å²) < 4.78 is 14.5. The molecular formula is C21H25FN6O. The number of rotatable bonds is 6. The fourth-order valence-corrected chi connectivity index (χ4v) is 3.90. The quantitative estimate of drug-likeness (QED) is 0.589. The lowest BCUT2D eigenvalue weighted by Gasteiger charge is -2.33. The normalized spacial score (nSPS) is 19.2. The number of aromatic nitrogens is 4. The summed E-state index contributed by atoms with van der Waals surface area (Å²) >= 11 is 0. The highest BCUT2D eigenvalue weighted by Crippen LogP contribution is 2.28. The molecular weight excluding hydrogens is 371 g/mol. The van der Waals surface area contributed by atoms with Crippen molar-refractivity contribution >= 4 is 22.8 Å². The van der Waals surface area contributed by atoms with Crippen molar-refractivity contribution in [3.05, 3.63) is 36.5 Å². The summed E-state index contributed by atoms with van der Waals surface area (Å²) in [6.07, 6.45) is 9.80. The van der Waals surface area contributed by atoms with Gasteiger partial charge >= 0.3 is 0 Å².